The summed E-state index contributed by atoms with van der Waals surface area (Å²) in [6, 6.07) is 0. The molecule has 8 heteroatoms. The molecule has 1 fully saturated rings. The minimum atomic E-state index is 0.0304. The topological polar surface area (TPSA) is 88.8 Å². The molecule has 1 N–H and O–H groups in total. The largest absolute Gasteiger partial charge is 0.356 e. The van der Waals surface area contributed by atoms with Crippen LogP contribution in [0.1, 0.15) is 33.1 Å². The molecule has 0 radical (unpaired) electrons. The van der Waals surface area contributed by atoms with Crippen LogP contribution in [0.2, 0.25) is 0 Å². The number of anilines is 1. The van der Waals surface area contributed by atoms with Crippen molar-refractivity contribution in [3.8, 4) is 0 Å². The molecule has 124 valence electrons. The van der Waals surface area contributed by atoms with Crippen molar-refractivity contribution >= 4 is 22.9 Å². The molecule has 0 atom stereocenters. The van der Waals surface area contributed by atoms with Gasteiger partial charge in [-0.1, -0.05) is 25.0 Å². The van der Waals surface area contributed by atoms with Gasteiger partial charge in [0.05, 0.1) is 5.92 Å². The van der Waals surface area contributed by atoms with Crippen LogP contribution in [-0.4, -0.2) is 50.5 Å². The maximum Gasteiger partial charge on any atom is 0.226 e. The third kappa shape index (κ3) is 3.11. The number of carbonyl (C=O) groups is 1. The number of hydrogen-bond donors (Lipinski definition) is 1. The van der Waals surface area contributed by atoms with Crippen molar-refractivity contribution in [1.82, 2.24) is 30.3 Å². The van der Waals surface area contributed by atoms with Gasteiger partial charge < -0.3 is 10.2 Å². The molecule has 1 amide bonds. The molecule has 0 spiro atoms. The van der Waals surface area contributed by atoms with Crippen LogP contribution in [0.25, 0.3) is 11.2 Å². The molecule has 3 heterocycles. The van der Waals surface area contributed by atoms with Crippen molar-refractivity contribution in [3.05, 3.63) is 6.33 Å². The van der Waals surface area contributed by atoms with Gasteiger partial charge in [0.2, 0.25) is 5.91 Å². The second kappa shape index (κ2) is 6.89. The Bertz CT molecular complexity index is 678. The molecule has 2 aromatic heterocycles. The molecule has 0 aromatic carbocycles. The van der Waals surface area contributed by atoms with Gasteiger partial charge >= 0.3 is 0 Å². The van der Waals surface area contributed by atoms with Crippen LogP contribution in [-0.2, 0) is 11.3 Å². The normalized spacial score (nSPS) is 15.0. The zero-order chi connectivity index (χ0) is 16.2. The number of nitrogens with one attached hydrogen (secondary N) is 1. The number of unbranched alkanes of at least 4 members (excludes halogenated alkanes) is 2. The van der Waals surface area contributed by atoms with Crippen molar-refractivity contribution in [1.29, 1.82) is 0 Å². The van der Waals surface area contributed by atoms with Crippen LogP contribution >= 0.6 is 0 Å². The molecule has 1 saturated heterocycles. The summed E-state index contributed by atoms with van der Waals surface area (Å²) in [5.41, 5.74) is 1.45. The summed E-state index contributed by atoms with van der Waals surface area (Å²) in [5.74, 6) is 0.937. The fourth-order valence-corrected chi connectivity index (χ4v) is 2.77. The summed E-state index contributed by atoms with van der Waals surface area (Å²) in [4.78, 5) is 22.7. The van der Waals surface area contributed by atoms with E-state index in [0.717, 1.165) is 43.8 Å². The summed E-state index contributed by atoms with van der Waals surface area (Å²) in [7, 11) is 0. The summed E-state index contributed by atoms with van der Waals surface area (Å²) in [6.07, 6.45) is 4.90. The molecule has 0 unspecified atom stereocenters. The summed E-state index contributed by atoms with van der Waals surface area (Å²) in [5, 5.41) is 11.3. The first-order chi connectivity index (χ1) is 11.2. The van der Waals surface area contributed by atoms with Gasteiger partial charge in [-0.3, -0.25) is 4.79 Å². The third-order valence-corrected chi connectivity index (χ3v) is 4.21. The average molecular weight is 317 g/mol. The van der Waals surface area contributed by atoms with E-state index in [4.69, 9.17) is 0 Å². The zero-order valence-electron chi connectivity index (χ0n) is 13.7. The summed E-state index contributed by atoms with van der Waals surface area (Å²) < 4.78 is 1.75. The van der Waals surface area contributed by atoms with Crippen molar-refractivity contribution < 1.29 is 4.79 Å². The van der Waals surface area contributed by atoms with Gasteiger partial charge in [0.25, 0.3) is 0 Å². The molecule has 0 bridgehead atoms. The van der Waals surface area contributed by atoms with Gasteiger partial charge in [0, 0.05) is 26.2 Å². The first-order valence-corrected chi connectivity index (χ1v) is 8.31. The highest BCUT2D eigenvalue weighted by molar-refractivity contribution is 5.86. The summed E-state index contributed by atoms with van der Waals surface area (Å²) >= 11 is 0. The van der Waals surface area contributed by atoms with E-state index in [9.17, 15) is 4.79 Å². The number of amides is 1. The molecule has 2 aromatic rings. The highest BCUT2D eigenvalue weighted by Gasteiger charge is 2.34. The van der Waals surface area contributed by atoms with E-state index < -0.39 is 0 Å². The number of carbonyl (C=O) groups excluding carboxylic acids is 1. The second-order valence-corrected chi connectivity index (χ2v) is 5.87. The Morgan fingerprint density at radius 2 is 2.13 bits per heavy atom. The predicted molar refractivity (Wildman–Crippen MR) is 87.0 cm³/mol. The van der Waals surface area contributed by atoms with E-state index in [1.807, 2.05) is 6.92 Å². The lowest BCUT2D eigenvalue weighted by atomic mass is 9.99. The fourth-order valence-electron chi connectivity index (χ4n) is 2.77. The van der Waals surface area contributed by atoms with E-state index >= 15 is 0 Å². The van der Waals surface area contributed by atoms with Gasteiger partial charge in [-0.25, -0.2) is 14.6 Å². The lowest BCUT2D eigenvalue weighted by Gasteiger charge is -2.38. The van der Waals surface area contributed by atoms with Gasteiger partial charge in [-0.05, 0) is 13.3 Å². The Labute approximate surface area is 135 Å². The molecule has 3 rings (SSSR count). The Kier molecular flexibility index (Phi) is 4.68. The molecule has 23 heavy (non-hydrogen) atoms. The highest BCUT2D eigenvalue weighted by Crippen LogP contribution is 2.27. The predicted octanol–water partition coefficient (Wildman–Crippen LogP) is 0.984. The number of hydrogen-bond acceptors (Lipinski definition) is 6. The highest BCUT2D eigenvalue weighted by atomic mass is 16.2. The van der Waals surface area contributed by atoms with Crippen molar-refractivity contribution in [2.45, 2.75) is 39.7 Å². The molecule has 1 aliphatic rings. The number of aryl methyl sites for hydroxylation is 1. The Balaban J connectivity index is 1.59. The van der Waals surface area contributed by atoms with E-state index in [1.54, 1.807) is 4.68 Å². The molecular formula is C15H23N7O. The molecule has 1 aliphatic heterocycles. The standard InChI is InChI=1S/C15H23N7O/c1-3-5-6-7-16-15(23)11-8-21(9-11)13-12-14(18-10-17-13)22(4-2)20-19-12/h10-11H,3-9H2,1-2H3,(H,16,23). The first kappa shape index (κ1) is 15.6. The van der Waals surface area contributed by atoms with E-state index in [2.05, 4.69) is 37.4 Å². The van der Waals surface area contributed by atoms with Crippen LogP contribution in [0.4, 0.5) is 5.82 Å². The Morgan fingerprint density at radius 3 is 2.87 bits per heavy atom. The van der Waals surface area contributed by atoms with Crippen LogP contribution in [0.15, 0.2) is 6.33 Å². The van der Waals surface area contributed by atoms with E-state index in [0.29, 0.717) is 18.6 Å². The van der Waals surface area contributed by atoms with Crippen LogP contribution < -0.4 is 10.2 Å². The van der Waals surface area contributed by atoms with Gasteiger partial charge in [-0.2, -0.15) is 0 Å². The smallest absolute Gasteiger partial charge is 0.226 e. The first-order valence-electron chi connectivity index (χ1n) is 8.31. The fraction of sp³-hybridized carbons (Fsp3) is 0.667. The molecule has 8 nitrogen and oxygen atoms in total. The zero-order valence-corrected chi connectivity index (χ0v) is 13.7. The Hall–Kier alpha value is -2.25. The van der Waals surface area contributed by atoms with Crippen molar-refractivity contribution in [2.24, 2.45) is 5.92 Å². The van der Waals surface area contributed by atoms with Gasteiger partial charge in [0.1, 0.15) is 6.33 Å². The van der Waals surface area contributed by atoms with Crippen molar-refractivity contribution in [3.63, 3.8) is 0 Å². The second-order valence-electron chi connectivity index (χ2n) is 5.87. The Morgan fingerprint density at radius 1 is 1.30 bits per heavy atom. The van der Waals surface area contributed by atoms with Gasteiger partial charge in [0.15, 0.2) is 17.0 Å². The molecular weight excluding hydrogens is 294 g/mol. The molecule has 0 aliphatic carbocycles. The number of nitrogens with zero attached hydrogens (tertiary/aromatic N) is 6. The van der Waals surface area contributed by atoms with Crippen LogP contribution in [0.5, 0.6) is 0 Å². The number of aromatic nitrogens is 5. The summed E-state index contributed by atoms with van der Waals surface area (Å²) in [6.45, 7) is 6.98. The van der Waals surface area contributed by atoms with Gasteiger partial charge in [-0.15, -0.1) is 5.10 Å². The third-order valence-electron chi connectivity index (χ3n) is 4.21. The maximum atomic E-state index is 12.1. The quantitative estimate of drug-likeness (QED) is 0.766. The minimum absolute atomic E-state index is 0.0304. The number of rotatable bonds is 7. The van der Waals surface area contributed by atoms with Crippen LogP contribution in [0, 0.1) is 5.92 Å². The maximum absolute atomic E-state index is 12.1. The lowest BCUT2D eigenvalue weighted by molar-refractivity contribution is -0.125. The molecule has 0 saturated carbocycles. The van der Waals surface area contributed by atoms with Crippen LogP contribution in [0.3, 0.4) is 0 Å². The monoisotopic (exact) mass is 317 g/mol. The minimum Gasteiger partial charge on any atom is -0.356 e. The van der Waals surface area contributed by atoms with E-state index in [-0.39, 0.29) is 11.8 Å². The van der Waals surface area contributed by atoms with Crippen molar-refractivity contribution in [2.75, 3.05) is 24.5 Å². The van der Waals surface area contributed by atoms with E-state index in [1.165, 1.54) is 6.33 Å². The SMILES string of the molecule is CCCCCNC(=O)C1CN(c2ncnc3c2nnn3CC)C1. The average Bonchev–Trinajstić information content (AvgIpc) is 2.94. The lowest BCUT2D eigenvalue weighted by Crippen LogP contribution is -2.54. The number of fused-ring (bicyclic) bond motifs is 1.